The number of fused-ring (bicyclic) bond motifs is 1. The summed E-state index contributed by atoms with van der Waals surface area (Å²) in [5.74, 6) is -1.26. The van der Waals surface area contributed by atoms with Gasteiger partial charge in [-0.2, -0.15) is 0 Å². The van der Waals surface area contributed by atoms with E-state index in [-0.39, 0.29) is 31.4 Å². The lowest BCUT2D eigenvalue weighted by Crippen LogP contribution is -2.03. The van der Waals surface area contributed by atoms with Gasteiger partial charge in [0.25, 0.3) is 0 Å². The van der Waals surface area contributed by atoms with E-state index < -0.39 is 24.8 Å². The summed E-state index contributed by atoms with van der Waals surface area (Å²) in [5.41, 5.74) is 0.179. The molecule has 0 spiro atoms. The van der Waals surface area contributed by atoms with E-state index in [9.17, 15) is 9.90 Å². The lowest BCUT2D eigenvalue weighted by molar-refractivity contribution is 0.103. The summed E-state index contributed by atoms with van der Waals surface area (Å²) < 4.78 is 44.7. The molecule has 112 valence electrons. The Kier molecular flexibility index (Phi) is 2.74. The molecular weight excluding hydrogens is 412 g/mol. The first-order valence-electron chi connectivity index (χ1n) is 8.70. The van der Waals surface area contributed by atoms with E-state index in [0.717, 1.165) is 0 Å². The minimum absolute atomic E-state index is 0.0957. The van der Waals surface area contributed by atoms with Gasteiger partial charge < -0.3 is 9.52 Å². The summed E-state index contributed by atoms with van der Waals surface area (Å²) in [5, 5.41) is 10.2. The van der Waals surface area contributed by atoms with Crippen LogP contribution in [0.5, 0.6) is 5.75 Å². The van der Waals surface area contributed by atoms with E-state index in [0.29, 0.717) is 5.39 Å². The van der Waals surface area contributed by atoms with Crippen molar-refractivity contribution in [2.24, 2.45) is 0 Å². The Labute approximate surface area is 151 Å². The van der Waals surface area contributed by atoms with Crippen molar-refractivity contribution >= 4 is 48.6 Å². The first-order valence-corrected chi connectivity index (χ1v) is 7.78. The zero-order valence-electron chi connectivity index (χ0n) is 16.0. The predicted octanol–water partition coefficient (Wildman–Crippen LogP) is 5.46. The number of para-hydroxylation sites is 1. The maximum atomic E-state index is 13.2. The van der Waals surface area contributed by atoms with Crippen molar-refractivity contribution in [2.75, 3.05) is 0 Å². The van der Waals surface area contributed by atoms with Crippen molar-refractivity contribution in [1.82, 2.24) is 0 Å². The normalized spacial score (nSPS) is 15.6. The van der Waals surface area contributed by atoms with Gasteiger partial charge in [-0.15, -0.1) is 0 Å². The minimum Gasteiger partial charge on any atom is -0.506 e. The van der Waals surface area contributed by atoms with Crippen LogP contribution in [0.4, 0.5) is 0 Å². The smallest absolute Gasteiger partial charge is 0.197 e. The van der Waals surface area contributed by atoms with Gasteiger partial charge in [0.05, 0.1) is 14.5 Å². The van der Waals surface area contributed by atoms with Crippen LogP contribution in [-0.2, 0) is 6.37 Å². The number of rotatable bonds is 3. The standard InChI is InChI=1S/C17H12Br2O3/c1-2-13-15(10-5-3-4-6-14(10)22-13)16(20)9-7-11(18)17(21)12(19)8-9/h3-8,21H,2H2,1H3/i1D3,2D2. The lowest BCUT2D eigenvalue weighted by Gasteiger charge is -2.06. The summed E-state index contributed by atoms with van der Waals surface area (Å²) in [6, 6.07) is 9.13. The van der Waals surface area contributed by atoms with Crippen LogP contribution in [0.15, 0.2) is 49.8 Å². The fourth-order valence-corrected chi connectivity index (χ4v) is 3.39. The van der Waals surface area contributed by atoms with Crippen molar-refractivity contribution in [3.63, 3.8) is 0 Å². The second kappa shape index (κ2) is 5.89. The zero-order valence-corrected chi connectivity index (χ0v) is 14.2. The Bertz CT molecular complexity index is 1030. The number of carbonyl (C=O) groups is 1. The Morgan fingerprint density at radius 3 is 2.68 bits per heavy atom. The van der Waals surface area contributed by atoms with Crippen LogP contribution in [0, 0.1) is 0 Å². The number of carbonyl (C=O) groups excluding carboxylic acids is 1. The van der Waals surface area contributed by atoms with E-state index in [1.807, 2.05) is 0 Å². The molecule has 1 N–H and O–H groups in total. The third kappa shape index (κ3) is 2.48. The second-order valence-electron chi connectivity index (χ2n) is 4.54. The molecule has 0 saturated heterocycles. The van der Waals surface area contributed by atoms with Gasteiger partial charge in [0.15, 0.2) is 5.78 Å². The van der Waals surface area contributed by atoms with Gasteiger partial charge in [-0.05, 0) is 50.1 Å². The molecule has 0 bridgehead atoms. The van der Waals surface area contributed by atoms with Crippen molar-refractivity contribution in [3.05, 3.63) is 62.2 Å². The van der Waals surface area contributed by atoms with E-state index >= 15 is 0 Å². The van der Waals surface area contributed by atoms with Crippen LogP contribution in [-0.4, -0.2) is 10.9 Å². The molecule has 0 aliphatic rings. The van der Waals surface area contributed by atoms with E-state index in [1.54, 1.807) is 18.2 Å². The summed E-state index contributed by atoms with van der Waals surface area (Å²) in [7, 11) is 0. The molecule has 0 saturated carbocycles. The molecule has 0 unspecified atom stereocenters. The van der Waals surface area contributed by atoms with Crippen LogP contribution in [0.25, 0.3) is 11.0 Å². The molecule has 1 heterocycles. The first-order chi connectivity index (χ1) is 12.4. The van der Waals surface area contributed by atoms with Crippen LogP contribution in [0.1, 0.15) is 35.4 Å². The van der Waals surface area contributed by atoms with Crippen molar-refractivity contribution in [2.45, 2.75) is 13.2 Å². The number of phenols is 1. The number of halogens is 2. The number of hydrogen-bond donors (Lipinski definition) is 1. The monoisotopic (exact) mass is 427 g/mol. The number of phenolic OH excluding ortho intramolecular Hbond substituents is 1. The minimum atomic E-state index is -3.04. The average molecular weight is 429 g/mol. The molecular formula is C17H12Br2O3. The lowest BCUT2D eigenvalue weighted by atomic mass is 9.99. The highest BCUT2D eigenvalue weighted by molar-refractivity contribution is 9.11. The highest BCUT2D eigenvalue weighted by atomic mass is 79.9. The third-order valence-corrected chi connectivity index (χ3v) is 4.42. The summed E-state index contributed by atoms with van der Waals surface area (Å²) >= 11 is 6.30. The fraction of sp³-hybridized carbons (Fsp3) is 0.118. The average Bonchev–Trinajstić information content (AvgIpc) is 2.97. The molecule has 0 aliphatic heterocycles. The highest BCUT2D eigenvalue weighted by Gasteiger charge is 2.22. The number of aromatic hydroxyl groups is 1. The van der Waals surface area contributed by atoms with E-state index in [1.165, 1.54) is 18.2 Å². The van der Waals surface area contributed by atoms with E-state index in [2.05, 4.69) is 31.9 Å². The molecule has 22 heavy (non-hydrogen) atoms. The molecule has 2 aromatic carbocycles. The number of hydrogen-bond acceptors (Lipinski definition) is 3. The molecule has 0 amide bonds. The molecule has 1 aromatic heterocycles. The molecule has 3 aromatic rings. The van der Waals surface area contributed by atoms with Crippen molar-refractivity contribution in [3.8, 4) is 5.75 Å². The zero-order chi connectivity index (χ0) is 20.1. The van der Waals surface area contributed by atoms with Gasteiger partial charge in [-0.25, -0.2) is 0 Å². The number of ketones is 1. The second-order valence-corrected chi connectivity index (χ2v) is 6.25. The Morgan fingerprint density at radius 2 is 2.00 bits per heavy atom. The number of furan rings is 1. The van der Waals surface area contributed by atoms with Gasteiger partial charge in [-0.3, -0.25) is 4.79 Å². The molecule has 0 radical (unpaired) electrons. The summed E-state index contributed by atoms with van der Waals surface area (Å²) in [6.45, 7) is -3.04. The SMILES string of the molecule is [2H]C([2H])([2H])C([2H])([2H])c1oc2ccccc2c1C(=O)c1cc(Br)c(O)c(Br)c1. The largest absolute Gasteiger partial charge is 0.506 e. The highest BCUT2D eigenvalue weighted by Crippen LogP contribution is 2.35. The van der Waals surface area contributed by atoms with E-state index in [4.69, 9.17) is 11.3 Å². The number of aryl methyl sites for hydroxylation is 1. The topological polar surface area (TPSA) is 50.4 Å². The summed E-state index contributed by atoms with van der Waals surface area (Å²) in [6.07, 6.45) is -2.87. The van der Waals surface area contributed by atoms with Gasteiger partial charge in [-0.1, -0.05) is 25.1 Å². The Morgan fingerprint density at radius 1 is 1.32 bits per heavy atom. The third-order valence-electron chi connectivity index (χ3n) is 3.22. The Hall–Kier alpha value is -1.59. The first kappa shape index (κ1) is 10.2. The van der Waals surface area contributed by atoms with Gasteiger partial charge in [0, 0.05) is 24.2 Å². The molecule has 3 nitrogen and oxygen atoms in total. The molecule has 5 heteroatoms. The van der Waals surface area contributed by atoms with Crippen LogP contribution >= 0.6 is 31.9 Å². The Balaban J connectivity index is 2.30. The van der Waals surface area contributed by atoms with Crippen LogP contribution in [0.3, 0.4) is 0 Å². The molecule has 3 rings (SSSR count). The van der Waals surface area contributed by atoms with Gasteiger partial charge in [0.1, 0.15) is 17.1 Å². The van der Waals surface area contributed by atoms with Crippen molar-refractivity contribution in [1.29, 1.82) is 0 Å². The molecule has 0 fully saturated rings. The van der Waals surface area contributed by atoms with Crippen LogP contribution < -0.4 is 0 Å². The number of benzene rings is 2. The maximum Gasteiger partial charge on any atom is 0.197 e. The predicted molar refractivity (Wildman–Crippen MR) is 92.5 cm³/mol. The van der Waals surface area contributed by atoms with Gasteiger partial charge in [0.2, 0.25) is 0 Å². The van der Waals surface area contributed by atoms with Gasteiger partial charge >= 0.3 is 0 Å². The fourth-order valence-electron chi connectivity index (χ4n) is 2.20. The molecule has 0 aliphatic carbocycles. The van der Waals surface area contributed by atoms with Crippen LogP contribution in [0.2, 0.25) is 0 Å². The maximum absolute atomic E-state index is 13.2. The summed E-state index contributed by atoms with van der Waals surface area (Å²) in [4.78, 5) is 13.2. The van der Waals surface area contributed by atoms with Crippen molar-refractivity contribution < 1.29 is 21.2 Å². The quantitative estimate of drug-likeness (QED) is 0.563. The molecule has 0 atom stereocenters.